The maximum Gasteiger partial charge on any atom is 0.314 e. The first-order chi connectivity index (χ1) is 7.04. The predicted molar refractivity (Wildman–Crippen MR) is 60.9 cm³/mol. The van der Waals surface area contributed by atoms with Gasteiger partial charge in [-0.15, -0.1) is 0 Å². The van der Waals surface area contributed by atoms with Crippen molar-refractivity contribution in [3.63, 3.8) is 0 Å². The summed E-state index contributed by atoms with van der Waals surface area (Å²) in [6.07, 6.45) is 1.42. The molecule has 1 aromatic carbocycles. The highest BCUT2D eigenvalue weighted by molar-refractivity contribution is 5.80. The van der Waals surface area contributed by atoms with Gasteiger partial charge in [0.25, 0.3) is 0 Å². The molecule has 0 aliphatic heterocycles. The second-order valence-electron chi connectivity index (χ2n) is 3.89. The van der Waals surface area contributed by atoms with Gasteiger partial charge in [0.2, 0.25) is 0 Å². The van der Waals surface area contributed by atoms with Crippen molar-refractivity contribution in [1.29, 1.82) is 0 Å². The minimum Gasteiger partial charge on any atom is -0.426 e. The lowest BCUT2D eigenvalue weighted by molar-refractivity contribution is -0.130. The number of ether oxygens (including phenoxy) is 1. The van der Waals surface area contributed by atoms with Crippen molar-refractivity contribution in [1.82, 2.24) is 0 Å². The monoisotopic (exact) mass is 205 g/mol. The molecule has 15 heavy (non-hydrogen) atoms. The van der Waals surface area contributed by atoms with Crippen LogP contribution in [0.25, 0.3) is 0 Å². The van der Waals surface area contributed by atoms with Gasteiger partial charge in [0, 0.05) is 0 Å². The average Bonchev–Trinajstić information content (AvgIpc) is 2.20. The summed E-state index contributed by atoms with van der Waals surface area (Å²) in [5.41, 5.74) is 2.16. The van der Waals surface area contributed by atoms with Crippen LogP contribution in [0, 0.1) is 13.3 Å². The lowest BCUT2D eigenvalue weighted by atomic mass is 10.0. The zero-order valence-corrected chi connectivity index (χ0v) is 9.70. The molecule has 0 heterocycles. The van der Waals surface area contributed by atoms with E-state index >= 15 is 0 Å². The Balaban J connectivity index is 2.95. The highest BCUT2D eigenvalue weighted by Gasteiger charge is 2.07. The zero-order valence-electron chi connectivity index (χ0n) is 9.70. The van der Waals surface area contributed by atoms with Gasteiger partial charge in [-0.05, 0) is 30.0 Å². The molecule has 0 unspecified atom stereocenters. The van der Waals surface area contributed by atoms with Gasteiger partial charge in [-0.25, -0.2) is 0 Å². The molecule has 0 aliphatic carbocycles. The number of hydrogen-bond acceptors (Lipinski definition) is 2. The number of hydrogen-bond donors (Lipinski definition) is 0. The number of esters is 1. The standard InChI is InChI=1S/C13H17O2/c1-5-13(14)15-12-8-11(9(2)3)7-6-10(12)4/h5-9H,1-4H3. The van der Waals surface area contributed by atoms with E-state index in [1.165, 1.54) is 12.0 Å². The molecule has 2 heteroatoms. The summed E-state index contributed by atoms with van der Waals surface area (Å²) in [4.78, 5) is 11.1. The van der Waals surface area contributed by atoms with Crippen molar-refractivity contribution in [2.45, 2.75) is 33.6 Å². The summed E-state index contributed by atoms with van der Waals surface area (Å²) in [7, 11) is 0. The van der Waals surface area contributed by atoms with E-state index < -0.39 is 0 Å². The third-order valence-electron chi connectivity index (χ3n) is 2.33. The number of carbonyl (C=O) groups is 1. The van der Waals surface area contributed by atoms with E-state index in [2.05, 4.69) is 19.9 Å². The van der Waals surface area contributed by atoms with E-state index in [0.29, 0.717) is 11.7 Å². The molecule has 0 aromatic heterocycles. The minimum absolute atomic E-state index is 0.306. The van der Waals surface area contributed by atoms with Crippen LogP contribution in [0.5, 0.6) is 5.75 Å². The molecule has 0 amide bonds. The van der Waals surface area contributed by atoms with Gasteiger partial charge in [-0.3, -0.25) is 4.79 Å². The van der Waals surface area contributed by atoms with Crippen LogP contribution in [0.1, 0.15) is 37.8 Å². The van der Waals surface area contributed by atoms with E-state index in [1.54, 1.807) is 6.92 Å². The van der Waals surface area contributed by atoms with E-state index in [0.717, 1.165) is 5.56 Å². The predicted octanol–water partition coefficient (Wildman–Crippen LogP) is 3.25. The normalized spacial score (nSPS) is 10.5. The largest absolute Gasteiger partial charge is 0.426 e. The van der Waals surface area contributed by atoms with Crippen LogP contribution >= 0.6 is 0 Å². The Morgan fingerprint density at radius 2 is 2.07 bits per heavy atom. The van der Waals surface area contributed by atoms with Crippen molar-refractivity contribution in [3.05, 3.63) is 35.7 Å². The SMILES string of the molecule is C[CH]C(=O)Oc1cc(C(C)C)ccc1C. The van der Waals surface area contributed by atoms with E-state index in [9.17, 15) is 4.79 Å². The summed E-state index contributed by atoms with van der Waals surface area (Å²) in [6, 6.07) is 5.97. The Hall–Kier alpha value is -1.31. The quantitative estimate of drug-likeness (QED) is 0.559. The topological polar surface area (TPSA) is 26.3 Å². The molecule has 0 fully saturated rings. The van der Waals surface area contributed by atoms with E-state index in [1.807, 2.05) is 19.1 Å². The maximum absolute atomic E-state index is 11.1. The third kappa shape index (κ3) is 3.08. The van der Waals surface area contributed by atoms with Crippen molar-refractivity contribution in [3.8, 4) is 5.75 Å². The van der Waals surface area contributed by atoms with Gasteiger partial charge >= 0.3 is 5.97 Å². The van der Waals surface area contributed by atoms with Crippen molar-refractivity contribution in [2.24, 2.45) is 0 Å². The summed E-state index contributed by atoms with van der Waals surface area (Å²) >= 11 is 0. The summed E-state index contributed by atoms with van der Waals surface area (Å²) in [5, 5.41) is 0. The second kappa shape index (κ2) is 4.96. The number of aryl methyl sites for hydroxylation is 1. The molecule has 1 aromatic rings. The molecular formula is C13H17O2. The first-order valence-electron chi connectivity index (χ1n) is 5.16. The minimum atomic E-state index is -0.306. The Morgan fingerprint density at radius 3 is 2.60 bits per heavy atom. The fourth-order valence-corrected chi connectivity index (χ4v) is 1.25. The summed E-state index contributed by atoms with van der Waals surface area (Å²) in [5.74, 6) is 0.789. The molecule has 0 N–H and O–H groups in total. The van der Waals surface area contributed by atoms with Crippen LogP contribution in [0.4, 0.5) is 0 Å². The molecule has 0 aliphatic rings. The molecule has 2 nitrogen and oxygen atoms in total. The fourth-order valence-electron chi connectivity index (χ4n) is 1.25. The number of benzene rings is 1. The lowest BCUT2D eigenvalue weighted by Crippen LogP contribution is -2.07. The Kier molecular flexibility index (Phi) is 3.89. The summed E-state index contributed by atoms with van der Waals surface area (Å²) < 4.78 is 5.19. The average molecular weight is 205 g/mol. The molecule has 1 radical (unpaired) electrons. The van der Waals surface area contributed by atoms with Gasteiger partial charge in [0.05, 0.1) is 6.42 Å². The fraction of sp³-hybridized carbons (Fsp3) is 0.385. The molecule has 81 valence electrons. The summed E-state index contributed by atoms with van der Waals surface area (Å²) in [6.45, 7) is 7.83. The van der Waals surface area contributed by atoms with Crippen molar-refractivity contribution >= 4 is 5.97 Å². The van der Waals surface area contributed by atoms with Crippen LogP contribution < -0.4 is 4.74 Å². The third-order valence-corrected chi connectivity index (χ3v) is 2.33. The Bertz CT molecular complexity index is 354. The zero-order chi connectivity index (χ0) is 11.4. The Labute approximate surface area is 91.3 Å². The number of rotatable bonds is 3. The molecule has 0 saturated heterocycles. The first-order valence-corrected chi connectivity index (χ1v) is 5.16. The van der Waals surface area contributed by atoms with Crippen LogP contribution in [0.15, 0.2) is 18.2 Å². The molecule has 0 saturated carbocycles. The highest BCUT2D eigenvalue weighted by atomic mass is 16.5. The molecule has 0 spiro atoms. The Morgan fingerprint density at radius 1 is 1.40 bits per heavy atom. The van der Waals surface area contributed by atoms with Gasteiger partial charge in [0.1, 0.15) is 5.75 Å². The molecule has 0 atom stereocenters. The second-order valence-corrected chi connectivity index (χ2v) is 3.89. The van der Waals surface area contributed by atoms with E-state index in [-0.39, 0.29) is 5.97 Å². The van der Waals surface area contributed by atoms with Crippen LogP contribution in [0.2, 0.25) is 0 Å². The van der Waals surface area contributed by atoms with Crippen molar-refractivity contribution < 1.29 is 9.53 Å². The lowest BCUT2D eigenvalue weighted by Gasteiger charge is -2.10. The van der Waals surface area contributed by atoms with Gasteiger partial charge in [-0.2, -0.15) is 0 Å². The first kappa shape index (κ1) is 11.8. The molecular weight excluding hydrogens is 188 g/mol. The van der Waals surface area contributed by atoms with Gasteiger partial charge < -0.3 is 4.74 Å². The highest BCUT2D eigenvalue weighted by Crippen LogP contribution is 2.24. The maximum atomic E-state index is 11.1. The molecule has 1 rings (SSSR count). The molecule has 0 bridgehead atoms. The van der Waals surface area contributed by atoms with Crippen LogP contribution in [0.3, 0.4) is 0 Å². The van der Waals surface area contributed by atoms with Crippen LogP contribution in [-0.2, 0) is 4.79 Å². The smallest absolute Gasteiger partial charge is 0.314 e. The van der Waals surface area contributed by atoms with Gasteiger partial charge in [-0.1, -0.05) is 32.9 Å². The van der Waals surface area contributed by atoms with E-state index in [4.69, 9.17) is 4.74 Å². The van der Waals surface area contributed by atoms with Gasteiger partial charge in [0.15, 0.2) is 0 Å². The number of carbonyl (C=O) groups excluding carboxylic acids is 1. The van der Waals surface area contributed by atoms with Crippen molar-refractivity contribution in [2.75, 3.05) is 0 Å². The van der Waals surface area contributed by atoms with Crippen LogP contribution in [-0.4, -0.2) is 5.97 Å².